The highest BCUT2D eigenvalue weighted by atomic mass is 35.5. The van der Waals surface area contributed by atoms with Crippen molar-refractivity contribution in [3.05, 3.63) is 60.2 Å². The highest BCUT2D eigenvalue weighted by molar-refractivity contribution is 5.85. The number of benzene rings is 2. The number of ether oxygens (including phenoxy) is 1. The summed E-state index contributed by atoms with van der Waals surface area (Å²) in [5.74, 6) is 0.972. The SMILES string of the molecule is COc1ccccc1N1CCN(CCc2ccccc2)CC1.Cl. The van der Waals surface area contributed by atoms with E-state index in [9.17, 15) is 0 Å². The van der Waals surface area contributed by atoms with Crippen LogP contribution >= 0.6 is 12.4 Å². The summed E-state index contributed by atoms with van der Waals surface area (Å²) in [7, 11) is 1.74. The van der Waals surface area contributed by atoms with E-state index in [0.29, 0.717) is 0 Å². The van der Waals surface area contributed by atoms with Crippen molar-refractivity contribution in [1.29, 1.82) is 0 Å². The molecule has 0 spiro atoms. The molecule has 0 aromatic heterocycles. The van der Waals surface area contributed by atoms with Gasteiger partial charge in [-0.25, -0.2) is 0 Å². The van der Waals surface area contributed by atoms with Crippen LogP contribution in [0, 0.1) is 0 Å². The number of hydrogen-bond donors (Lipinski definition) is 0. The van der Waals surface area contributed by atoms with Crippen molar-refractivity contribution in [2.45, 2.75) is 6.42 Å². The molecule has 0 radical (unpaired) electrons. The molecule has 3 nitrogen and oxygen atoms in total. The first kappa shape index (κ1) is 17.6. The second kappa shape index (κ2) is 8.80. The summed E-state index contributed by atoms with van der Waals surface area (Å²) in [5, 5.41) is 0. The van der Waals surface area contributed by atoms with Crippen molar-refractivity contribution in [1.82, 2.24) is 4.90 Å². The van der Waals surface area contributed by atoms with Gasteiger partial charge in [-0.15, -0.1) is 12.4 Å². The van der Waals surface area contributed by atoms with Crippen LogP contribution in [0.2, 0.25) is 0 Å². The second-order valence-electron chi connectivity index (χ2n) is 5.74. The molecular weight excluding hydrogens is 308 g/mol. The van der Waals surface area contributed by atoms with E-state index in [1.807, 2.05) is 12.1 Å². The van der Waals surface area contributed by atoms with Crippen LogP contribution in [0.25, 0.3) is 0 Å². The second-order valence-corrected chi connectivity index (χ2v) is 5.74. The van der Waals surface area contributed by atoms with Crippen LogP contribution in [-0.2, 0) is 6.42 Å². The van der Waals surface area contributed by atoms with Crippen molar-refractivity contribution in [3.8, 4) is 5.75 Å². The quantitative estimate of drug-likeness (QED) is 0.833. The Morgan fingerprint density at radius 1 is 0.870 bits per heavy atom. The highest BCUT2D eigenvalue weighted by Crippen LogP contribution is 2.28. The lowest BCUT2D eigenvalue weighted by Crippen LogP contribution is -2.47. The minimum Gasteiger partial charge on any atom is -0.495 e. The predicted octanol–water partition coefficient (Wildman–Crippen LogP) is 3.48. The summed E-state index contributed by atoms with van der Waals surface area (Å²) in [4.78, 5) is 4.98. The number of hydrogen-bond acceptors (Lipinski definition) is 3. The minimum atomic E-state index is 0. The Labute approximate surface area is 145 Å². The average Bonchev–Trinajstić information content (AvgIpc) is 2.61. The maximum atomic E-state index is 5.48. The van der Waals surface area contributed by atoms with Gasteiger partial charge in [-0.1, -0.05) is 42.5 Å². The molecule has 3 rings (SSSR count). The van der Waals surface area contributed by atoms with Gasteiger partial charge >= 0.3 is 0 Å². The number of halogens is 1. The van der Waals surface area contributed by atoms with Gasteiger partial charge in [0.1, 0.15) is 5.75 Å². The number of piperazine rings is 1. The molecule has 124 valence electrons. The van der Waals surface area contributed by atoms with Gasteiger partial charge in [0.25, 0.3) is 0 Å². The predicted molar refractivity (Wildman–Crippen MR) is 99.0 cm³/mol. The van der Waals surface area contributed by atoms with Gasteiger partial charge in [-0.3, -0.25) is 4.90 Å². The van der Waals surface area contributed by atoms with Crippen LogP contribution in [0.5, 0.6) is 5.75 Å². The van der Waals surface area contributed by atoms with Crippen LogP contribution in [0.15, 0.2) is 54.6 Å². The molecule has 0 aliphatic carbocycles. The summed E-state index contributed by atoms with van der Waals surface area (Å²) < 4.78 is 5.48. The van der Waals surface area contributed by atoms with E-state index in [1.54, 1.807) is 7.11 Å². The Hall–Kier alpha value is -1.71. The van der Waals surface area contributed by atoms with Gasteiger partial charge in [-0.05, 0) is 24.1 Å². The lowest BCUT2D eigenvalue weighted by molar-refractivity contribution is 0.260. The Bertz CT molecular complexity index is 583. The molecule has 1 aliphatic rings. The summed E-state index contributed by atoms with van der Waals surface area (Å²) in [6.07, 6.45) is 1.13. The van der Waals surface area contributed by atoms with Crippen LogP contribution in [0.4, 0.5) is 5.69 Å². The van der Waals surface area contributed by atoms with Crippen molar-refractivity contribution in [2.24, 2.45) is 0 Å². The van der Waals surface area contributed by atoms with Crippen molar-refractivity contribution >= 4 is 18.1 Å². The number of nitrogens with zero attached hydrogens (tertiary/aromatic N) is 2. The maximum absolute atomic E-state index is 5.48. The van der Waals surface area contributed by atoms with Gasteiger partial charge in [0.15, 0.2) is 0 Å². The van der Waals surface area contributed by atoms with E-state index in [-0.39, 0.29) is 12.4 Å². The van der Waals surface area contributed by atoms with E-state index in [4.69, 9.17) is 4.74 Å². The Balaban J connectivity index is 0.00000192. The van der Waals surface area contributed by atoms with Crippen molar-refractivity contribution in [2.75, 3.05) is 44.7 Å². The minimum absolute atomic E-state index is 0. The largest absolute Gasteiger partial charge is 0.495 e. The van der Waals surface area contributed by atoms with Gasteiger partial charge < -0.3 is 9.64 Å². The van der Waals surface area contributed by atoms with Gasteiger partial charge in [-0.2, -0.15) is 0 Å². The average molecular weight is 333 g/mol. The molecule has 1 saturated heterocycles. The zero-order valence-electron chi connectivity index (χ0n) is 13.6. The van der Waals surface area contributed by atoms with Gasteiger partial charge in [0.05, 0.1) is 12.8 Å². The summed E-state index contributed by atoms with van der Waals surface area (Å²) in [5.41, 5.74) is 2.64. The number of para-hydroxylation sites is 2. The molecule has 0 amide bonds. The zero-order chi connectivity index (χ0) is 15.2. The van der Waals surface area contributed by atoms with E-state index in [1.165, 1.54) is 11.3 Å². The molecule has 0 saturated carbocycles. The summed E-state index contributed by atoms with van der Waals surface area (Å²) >= 11 is 0. The van der Waals surface area contributed by atoms with E-state index in [0.717, 1.165) is 44.9 Å². The first-order valence-corrected chi connectivity index (χ1v) is 8.01. The van der Waals surface area contributed by atoms with E-state index >= 15 is 0 Å². The lowest BCUT2D eigenvalue weighted by Gasteiger charge is -2.36. The standard InChI is InChI=1S/C19H24N2O.ClH/c1-22-19-10-6-5-9-18(19)21-15-13-20(14-16-21)12-11-17-7-3-2-4-8-17;/h2-10H,11-16H2,1H3;1H. The maximum Gasteiger partial charge on any atom is 0.142 e. The fraction of sp³-hybridized carbons (Fsp3) is 0.368. The summed E-state index contributed by atoms with van der Waals surface area (Å²) in [6.45, 7) is 5.50. The Morgan fingerprint density at radius 2 is 1.52 bits per heavy atom. The smallest absolute Gasteiger partial charge is 0.142 e. The van der Waals surface area contributed by atoms with Crippen LogP contribution in [0.3, 0.4) is 0 Å². The fourth-order valence-corrected chi connectivity index (χ4v) is 3.04. The number of rotatable bonds is 5. The third kappa shape index (κ3) is 4.63. The Kier molecular flexibility index (Phi) is 6.75. The van der Waals surface area contributed by atoms with E-state index < -0.39 is 0 Å². The molecule has 0 bridgehead atoms. The van der Waals surface area contributed by atoms with Gasteiger partial charge in [0, 0.05) is 32.7 Å². The third-order valence-corrected chi connectivity index (χ3v) is 4.36. The monoisotopic (exact) mass is 332 g/mol. The zero-order valence-corrected chi connectivity index (χ0v) is 14.5. The molecule has 4 heteroatoms. The van der Waals surface area contributed by atoms with Crippen molar-refractivity contribution < 1.29 is 4.74 Å². The molecule has 2 aromatic carbocycles. The number of anilines is 1. The van der Waals surface area contributed by atoms with Crippen LogP contribution in [-0.4, -0.2) is 44.7 Å². The first-order valence-electron chi connectivity index (χ1n) is 8.01. The number of methoxy groups -OCH3 is 1. The van der Waals surface area contributed by atoms with E-state index in [2.05, 4.69) is 52.3 Å². The Morgan fingerprint density at radius 3 is 2.22 bits per heavy atom. The fourth-order valence-electron chi connectivity index (χ4n) is 3.04. The normalized spacial score (nSPS) is 15.1. The molecule has 1 heterocycles. The molecule has 2 aromatic rings. The molecule has 1 fully saturated rings. The molecule has 0 atom stereocenters. The topological polar surface area (TPSA) is 15.7 Å². The van der Waals surface area contributed by atoms with Crippen molar-refractivity contribution in [3.63, 3.8) is 0 Å². The summed E-state index contributed by atoms with van der Waals surface area (Å²) in [6, 6.07) is 19.0. The molecular formula is C19H25ClN2O. The third-order valence-electron chi connectivity index (χ3n) is 4.36. The molecule has 1 aliphatic heterocycles. The van der Waals surface area contributed by atoms with Crippen LogP contribution < -0.4 is 9.64 Å². The highest BCUT2D eigenvalue weighted by Gasteiger charge is 2.19. The first-order chi connectivity index (χ1) is 10.9. The van der Waals surface area contributed by atoms with Crippen LogP contribution in [0.1, 0.15) is 5.56 Å². The molecule has 0 unspecified atom stereocenters. The lowest BCUT2D eigenvalue weighted by atomic mass is 10.1. The van der Waals surface area contributed by atoms with Gasteiger partial charge in [0.2, 0.25) is 0 Å². The molecule has 0 N–H and O–H groups in total. The molecule has 23 heavy (non-hydrogen) atoms.